The highest BCUT2D eigenvalue weighted by Crippen LogP contribution is 2.01. The van der Waals surface area contributed by atoms with Crippen molar-refractivity contribution in [1.29, 1.82) is 0 Å². The average Bonchev–Trinajstić information content (AvgIpc) is 2.34. The van der Waals surface area contributed by atoms with Gasteiger partial charge in [0.15, 0.2) is 17.2 Å². The molecule has 5 nitrogen and oxygen atoms in total. The van der Waals surface area contributed by atoms with Crippen LogP contribution in [0.15, 0.2) is 4.52 Å². The van der Waals surface area contributed by atoms with Crippen LogP contribution in [0.2, 0.25) is 0 Å². The van der Waals surface area contributed by atoms with Crippen molar-refractivity contribution in [3.05, 3.63) is 11.5 Å². The smallest absolute Gasteiger partial charge is 0.200 e. The third kappa shape index (κ3) is 1.03. The summed E-state index contributed by atoms with van der Waals surface area (Å²) in [5.74, 6) is 0.161. The lowest BCUT2D eigenvalue weighted by Crippen LogP contribution is -2.14. The van der Waals surface area contributed by atoms with E-state index in [4.69, 9.17) is 5.73 Å². The maximum Gasteiger partial charge on any atom is 0.200 e. The van der Waals surface area contributed by atoms with E-state index in [1.165, 1.54) is 0 Å². The maximum atomic E-state index is 10.8. The second-order valence-electron chi connectivity index (χ2n) is 1.81. The van der Waals surface area contributed by atoms with Gasteiger partial charge in [-0.1, -0.05) is 0 Å². The first kappa shape index (κ1) is 6.88. The summed E-state index contributed by atoms with van der Waals surface area (Å²) in [4.78, 5) is 10.8. The highest BCUT2D eigenvalue weighted by molar-refractivity contribution is 5.96. The Morgan fingerprint density at radius 1 is 1.80 bits per heavy atom. The molecule has 2 N–H and O–H groups in total. The van der Waals surface area contributed by atoms with Crippen molar-refractivity contribution in [2.24, 2.45) is 5.73 Å². The lowest BCUT2D eigenvalue weighted by atomic mass is 10.2. The zero-order valence-electron chi connectivity index (χ0n) is 5.50. The predicted octanol–water partition coefficient (Wildman–Crippen LogP) is -0.481. The summed E-state index contributed by atoms with van der Waals surface area (Å²) in [7, 11) is 0. The van der Waals surface area contributed by atoms with Crippen LogP contribution in [0.3, 0.4) is 0 Å². The molecule has 0 atom stereocenters. The van der Waals surface area contributed by atoms with Gasteiger partial charge >= 0.3 is 0 Å². The lowest BCUT2D eigenvalue weighted by Gasteiger charge is -1.87. The molecule has 0 amide bonds. The van der Waals surface area contributed by atoms with Crippen LogP contribution in [0.25, 0.3) is 0 Å². The van der Waals surface area contributed by atoms with E-state index in [2.05, 4.69) is 14.9 Å². The molecule has 1 aromatic rings. The Kier molecular flexibility index (Phi) is 1.77. The Labute approximate surface area is 57.2 Å². The van der Waals surface area contributed by atoms with E-state index in [0.29, 0.717) is 5.76 Å². The molecule has 0 radical (unpaired) electrons. The summed E-state index contributed by atoms with van der Waals surface area (Å²) < 4.78 is 4.55. The molecule has 1 aromatic heterocycles. The molecule has 5 heteroatoms. The fourth-order valence-electron chi connectivity index (χ4n) is 0.585. The predicted molar refractivity (Wildman–Crippen MR) is 32.4 cm³/mol. The molecule has 0 spiro atoms. The topological polar surface area (TPSA) is 82.0 Å². The van der Waals surface area contributed by atoms with Crippen molar-refractivity contribution in [2.75, 3.05) is 6.54 Å². The normalized spacial score (nSPS) is 9.80. The fraction of sp³-hybridized carbons (Fsp3) is 0.400. The minimum Gasteiger partial charge on any atom is -0.342 e. The van der Waals surface area contributed by atoms with E-state index in [1.807, 2.05) is 0 Å². The van der Waals surface area contributed by atoms with Crippen LogP contribution < -0.4 is 5.73 Å². The van der Waals surface area contributed by atoms with Crippen molar-refractivity contribution < 1.29 is 9.32 Å². The van der Waals surface area contributed by atoms with Crippen LogP contribution in [-0.2, 0) is 0 Å². The van der Waals surface area contributed by atoms with Gasteiger partial charge in [0.2, 0.25) is 0 Å². The molecule has 0 aromatic carbocycles. The van der Waals surface area contributed by atoms with Crippen molar-refractivity contribution >= 4 is 5.78 Å². The summed E-state index contributed by atoms with van der Waals surface area (Å²) >= 11 is 0. The second kappa shape index (κ2) is 2.57. The van der Waals surface area contributed by atoms with Crippen molar-refractivity contribution in [2.45, 2.75) is 6.92 Å². The monoisotopic (exact) mass is 141 g/mol. The average molecular weight is 141 g/mol. The first-order valence-electron chi connectivity index (χ1n) is 2.78. The summed E-state index contributed by atoms with van der Waals surface area (Å²) in [6.45, 7) is 1.55. The largest absolute Gasteiger partial charge is 0.342 e. The molecule has 0 unspecified atom stereocenters. The zero-order chi connectivity index (χ0) is 7.56. The van der Waals surface area contributed by atoms with Crippen LogP contribution >= 0.6 is 0 Å². The molecule has 0 saturated heterocycles. The molecule has 0 aliphatic carbocycles. The van der Waals surface area contributed by atoms with Gasteiger partial charge in [-0.3, -0.25) is 4.79 Å². The molecule has 0 bridgehead atoms. The lowest BCUT2D eigenvalue weighted by molar-refractivity contribution is 0.0995. The van der Waals surface area contributed by atoms with Gasteiger partial charge in [0.25, 0.3) is 0 Å². The first-order chi connectivity index (χ1) is 4.75. The number of aromatic nitrogens is 2. The molecule has 1 rings (SSSR count). The first-order valence-corrected chi connectivity index (χ1v) is 2.78. The number of ketones is 1. The SMILES string of the molecule is Cc1onnc1C(=O)CN. The van der Waals surface area contributed by atoms with Crippen LogP contribution in [0, 0.1) is 6.92 Å². The summed E-state index contributed by atoms with van der Waals surface area (Å²) in [6.07, 6.45) is 0. The fourth-order valence-corrected chi connectivity index (χ4v) is 0.585. The van der Waals surface area contributed by atoms with E-state index in [1.54, 1.807) is 6.92 Å². The van der Waals surface area contributed by atoms with Gasteiger partial charge < -0.3 is 10.3 Å². The van der Waals surface area contributed by atoms with Gasteiger partial charge in [-0.25, -0.2) is 0 Å². The van der Waals surface area contributed by atoms with E-state index < -0.39 is 0 Å². The minimum atomic E-state index is -0.251. The van der Waals surface area contributed by atoms with Crippen LogP contribution in [0.4, 0.5) is 0 Å². The molecule has 1 heterocycles. The maximum absolute atomic E-state index is 10.8. The number of rotatable bonds is 2. The Balaban J connectivity index is 2.93. The van der Waals surface area contributed by atoms with Crippen molar-refractivity contribution in [3.8, 4) is 0 Å². The quantitative estimate of drug-likeness (QED) is 0.562. The molecular weight excluding hydrogens is 134 g/mol. The van der Waals surface area contributed by atoms with E-state index in [9.17, 15) is 4.79 Å². The van der Waals surface area contributed by atoms with Gasteiger partial charge in [-0.15, -0.1) is 5.10 Å². The minimum absolute atomic E-state index is 0.0605. The number of hydrogen-bond acceptors (Lipinski definition) is 5. The summed E-state index contributed by atoms with van der Waals surface area (Å²) in [5, 5.41) is 6.63. The van der Waals surface area contributed by atoms with Crippen molar-refractivity contribution in [1.82, 2.24) is 10.4 Å². The van der Waals surface area contributed by atoms with Crippen LogP contribution in [0.5, 0.6) is 0 Å². The number of Topliss-reactive ketones (excluding diaryl/α,β-unsaturated/α-hetero) is 1. The number of nitrogens with two attached hydrogens (primary N) is 1. The molecule has 0 saturated carbocycles. The van der Waals surface area contributed by atoms with E-state index in [-0.39, 0.29) is 18.0 Å². The molecule has 0 aliphatic heterocycles. The molecule has 0 aliphatic rings. The highest BCUT2D eigenvalue weighted by Gasteiger charge is 2.11. The third-order valence-corrected chi connectivity index (χ3v) is 1.10. The van der Waals surface area contributed by atoms with E-state index >= 15 is 0 Å². The number of aryl methyl sites for hydroxylation is 1. The molecule has 10 heavy (non-hydrogen) atoms. The van der Waals surface area contributed by atoms with Crippen LogP contribution in [0.1, 0.15) is 16.2 Å². The molecule has 0 fully saturated rings. The second-order valence-corrected chi connectivity index (χ2v) is 1.81. The highest BCUT2D eigenvalue weighted by atomic mass is 16.5. The third-order valence-electron chi connectivity index (χ3n) is 1.10. The number of hydrogen-bond donors (Lipinski definition) is 1. The molecular formula is C5H7N3O2. The standard InChI is InChI=1S/C5H7N3O2/c1-3-5(4(9)2-6)7-8-10-3/h2,6H2,1H3. The Morgan fingerprint density at radius 3 is 2.90 bits per heavy atom. The molecule has 54 valence electrons. The van der Waals surface area contributed by atoms with Crippen LogP contribution in [-0.4, -0.2) is 22.7 Å². The number of carbonyl (C=O) groups excluding carboxylic acids is 1. The zero-order valence-corrected chi connectivity index (χ0v) is 5.50. The van der Waals surface area contributed by atoms with Gasteiger partial charge in [-0.05, 0) is 6.92 Å². The van der Waals surface area contributed by atoms with Gasteiger partial charge in [0.1, 0.15) is 0 Å². The Hall–Kier alpha value is -1.23. The Morgan fingerprint density at radius 2 is 2.50 bits per heavy atom. The van der Waals surface area contributed by atoms with Gasteiger partial charge in [0.05, 0.1) is 6.54 Å². The number of carbonyl (C=O) groups is 1. The summed E-state index contributed by atoms with van der Waals surface area (Å²) in [6, 6.07) is 0. The summed E-state index contributed by atoms with van der Waals surface area (Å²) in [5.41, 5.74) is 5.30. The van der Waals surface area contributed by atoms with Crippen molar-refractivity contribution in [3.63, 3.8) is 0 Å². The van der Waals surface area contributed by atoms with Gasteiger partial charge in [0, 0.05) is 5.27 Å². The van der Waals surface area contributed by atoms with Gasteiger partial charge in [-0.2, -0.15) is 0 Å². The van der Waals surface area contributed by atoms with E-state index in [0.717, 1.165) is 0 Å². The number of nitrogens with zero attached hydrogens (tertiary/aromatic N) is 2. The Bertz CT molecular complexity index is 243.